The predicted molar refractivity (Wildman–Crippen MR) is 85.3 cm³/mol. The highest BCUT2D eigenvalue weighted by molar-refractivity contribution is 7.13. The van der Waals surface area contributed by atoms with Gasteiger partial charge in [-0.2, -0.15) is 0 Å². The lowest BCUT2D eigenvalue weighted by molar-refractivity contribution is 0.0931. The van der Waals surface area contributed by atoms with Crippen LogP contribution in [0.2, 0.25) is 0 Å². The second kappa shape index (κ2) is 9.52. The Kier molecular flexibility index (Phi) is 9.33. The van der Waals surface area contributed by atoms with E-state index in [1.54, 1.807) is 6.20 Å². The van der Waals surface area contributed by atoms with Gasteiger partial charge in [-0.05, 0) is 12.8 Å². The van der Waals surface area contributed by atoms with E-state index < -0.39 is 0 Å². The van der Waals surface area contributed by atoms with Crippen LogP contribution in [0.15, 0.2) is 6.20 Å². The molecule has 1 aliphatic rings. The molecule has 5 nitrogen and oxygen atoms in total. The summed E-state index contributed by atoms with van der Waals surface area (Å²) in [4.78, 5) is 16.8. The summed E-state index contributed by atoms with van der Waals surface area (Å²) in [6.45, 7) is 3.97. The van der Waals surface area contributed by atoms with Gasteiger partial charge in [-0.3, -0.25) is 4.79 Å². The van der Waals surface area contributed by atoms with Crippen molar-refractivity contribution in [2.45, 2.75) is 25.9 Å². The number of rotatable bonds is 5. The maximum atomic E-state index is 11.9. The number of carbonyl (C=O) groups excluding carboxylic acids is 1. The Bertz CT molecular complexity index is 417. The molecule has 3 N–H and O–H groups in total. The summed E-state index contributed by atoms with van der Waals surface area (Å²) in [5, 5.41) is 16.6. The SMILES string of the molecule is CCCc1ncc(C(=O)NCC2CNCC2O)s1.Cl.Cl. The van der Waals surface area contributed by atoms with E-state index in [0.29, 0.717) is 18.0 Å². The Morgan fingerprint density at radius 1 is 1.55 bits per heavy atom. The Balaban J connectivity index is 0.00000180. The van der Waals surface area contributed by atoms with Crippen molar-refractivity contribution < 1.29 is 9.90 Å². The maximum absolute atomic E-state index is 11.9. The van der Waals surface area contributed by atoms with Crippen molar-refractivity contribution in [3.63, 3.8) is 0 Å². The lowest BCUT2D eigenvalue weighted by Crippen LogP contribution is -2.34. The molecule has 116 valence electrons. The van der Waals surface area contributed by atoms with Crippen LogP contribution in [-0.4, -0.2) is 41.7 Å². The van der Waals surface area contributed by atoms with Crippen molar-refractivity contribution in [2.75, 3.05) is 19.6 Å². The number of β-amino-alcohol motifs (C(OH)–C–C–N with tert-alkyl or cyclic N) is 1. The van der Waals surface area contributed by atoms with Crippen molar-refractivity contribution in [1.29, 1.82) is 0 Å². The van der Waals surface area contributed by atoms with Crippen LogP contribution in [0.25, 0.3) is 0 Å². The molecule has 0 radical (unpaired) electrons. The summed E-state index contributed by atoms with van der Waals surface area (Å²) in [7, 11) is 0. The molecule has 0 spiro atoms. The molecule has 1 amide bonds. The van der Waals surface area contributed by atoms with Crippen LogP contribution in [0, 0.1) is 5.92 Å². The first-order valence-corrected chi connectivity index (χ1v) is 7.14. The van der Waals surface area contributed by atoms with Gasteiger partial charge in [0.1, 0.15) is 4.88 Å². The number of nitrogens with zero attached hydrogens (tertiary/aromatic N) is 1. The first-order chi connectivity index (χ1) is 8.70. The van der Waals surface area contributed by atoms with Gasteiger partial charge in [0.25, 0.3) is 5.91 Å². The Morgan fingerprint density at radius 2 is 2.30 bits per heavy atom. The third kappa shape index (κ3) is 5.18. The highest BCUT2D eigenvalue weighted by Crippen LogP contribution is 2.15. The van der Waals surface area contributed by atoms with Gasteiger partial charge in [-0.1, -0.05) is 6.92 Å². The smallest absolute Gasteiger partial charge is 0.263 e. The molecule has 0 aromatic carbocycles. The van der Waals surface area contributed by atoms with E-state index in [9.17, 15) is 9.90 Å². The zero-order valence-electron chi connectivity index (χ0n) is 11.3. The van der Waals surface area contributed by atoms with Crippen LogP contribution < -0.4 is 10.6 Å². The van der Waals surface area contributed by atoms with Crippen molar-refractivity contribution in [3.8, 4) is 0 Å². The van der Waals surface area contributed by atoms with E-state index in [2.05, 4.69) is 22.5 Å². The number of aliphatic hydroxyl groups is 1. The van der Waals surface area contributed by atoms with E-state index in [0.717, 1.165) is 24.4 Å². The van der Waals surface area contributed by atoms with Gasteiger partial charge in [0.2, 0.25) is 0 Å². The predicted octanol–water partition coefficient (Wildman–Crippen LogP) is 1.25. The van der Waals surface area contributed by atoms with Crippen molar-refractivity contribution in [3.05, 3.63) is 16.1 Å². The summed E-state index contributed by atoms with van der Waals surface area (Å²) in [5.74, 6) is 0.0194. The van der Waals surface area contributed by atoms with Crippen LogP contribution in [0.4, 0.5) is 0 Å². The van der Waals surface area contributed by atoms with E-state index >= 15 is 0 Å². The van der Waals surface area contributed by atoms with Crippen LogP contribution in [0.1, 0.15) is 28.0 Å². The van der Waals surface area contributed by atoms with Crippen LogP contribution >= 0.6 is 36.2 Å². The second-order valence-electron chi connectivity index (χ2n) is 4.56. The largest absolute Gasteiger partial charge is 0.391 e. The van der Waals surface area contributed by atoms with Crippen molar-refractivity contribution in [1.82, 2.24) is 15.6 Å². The van der Waals surface area contributed by atoms with Gasteiger partial charge in [-0.25, -0.2) is 4.98 Å². The zero-order valence-corrected chi connectivity index (χ0v) is 13.7. The maximum Gasteiger partial charge on any atom is 0.263 e. The third-order valence-corrected chi connectivity index (χ3v) is 4.13. The van der Waals surface area contributed by atoms with Crippen molar-refractivity contribution in [2.24, 2.45) is 5.92 Å². The van der Waals surface area contributed by atoms with Gasteiger partial charge in [0.05, 0.1) is 17.3 Å². The van der Waals surface area contributed by atoms with Gasteiger partial charge < -0.3 is 15.7 Å². The molecule has 0 bridgehead atoms. The Labute approximate surface area is 135 Å². The molecule has 1 fully saturated rings. The average Bonchev–Trinajstić information content (AvgIpc) is 2.96. The highest BCUT2D eigenvalue weighted by atomic mass is 35.5. The first-order valence-electron chi connectivity index (χ1n) is 6.32. The Morgan fingerprint density at radius 3 is 2.90 bits per heavy atom. The lowest BCUT2D eigenvalue weighted by Gasteiger charge is -2.13. The van der Waals surface area contributed by atoms with E-state index in [-0.39, 0.29) is 42.7 Å². The van der Waals surface area contributed by atoms with Crippen LogP contribution in [-0.2, 0) is 6.42 Å². The average molecular weight is 342 g/mol. The van der Waals surface area contributed by atoms with Crippen LogP contribution in [0.3, 0.4) is 0 Å². The number of nitrogens with one attached hydrogen (secondary N) is 2. The molecule has 1 aromatic rings. The fraction of sp³-hybridized carbons (Fsp3) is 0.667. The number of thiazole rings is 1. The molecular weight excluding hydrogens is 321 g/mol. The molecule has 20 heavy (non-hydrogen) atoms. The number of aliphatic hydroxyl groups excluding tert-OH is 1. The fourth-order valence-electron chi connectivity index (χ4n) is 1.98. The molecular formula is C12H21Cl2N3O2S. The number of aryl methyl sites for hydroxylation is 1. The molecule has 1 aromatic heterocycles. The van der Waals surface area contributed by atoms with E-state index in [1.807, 2.05) is 0 Å². The summed E-state index contributed by atoms with van der Waals surface area (Å²) in [6, 6.07) is 0. The minimum absolute atomic E-state index is 0. The number of halogens is 2. The lowest BCUT2D eigenvalue weighted by atomic mass is 10.1. The number of carbonyl (C=O) groups is 1. The number of hydrogen-bond acceptors (Lipinski definition) is 5. The Hall–Kier alpha value is -0.400. The quantitative estimate of drug-likeness (QED) is 0.753. The minimum atomic E-state index is -0.359. The molecule has 2 heterocycles. The molecule has 1 saturated heterocycles. The van der Waals surface area contributed by atoms with Gasteiger partial charge in [0.15, 0.2) is 0 Å². The summed E-state index contributed by atoms with van der Waals surface area (Å²) < 4.78 is 0. The monoisotopic (exact) mass is 341 g/mol. The van der Waals surface area contributed by atoms with Gasteiger partial charge in [-0.15, -0.1) is 36.2 Å². The molecule has 1 aliphatic heterocycles. The number of hydrogen-bond donors (Lipinski definition) is 3. The second-order valence-corrected chi connectivity index (χ2v) is 5.68. The molecule has 0 aliphatic carbocycles. The third-order valence-electron chi connectivity index (χ3n) is 3.07. The minimum Gasteiger partial charge on any atom is -0.391 e. The summed E-state index contributed by atoms with van der Waals surface area (Å²) in [5.41, 5.74) is 0. The first kappa shape index (κ1) is 19.6. The normalized spacial score (nSPS) is 20.9. The fourth-order valence-corrected chi connectivity index (χ4v) is 2.92. The topological polar surface area (TPSA) is 74.2 Å². The molecule has 0 saturated carbocycles. The van der Waals surface area contributed by atoms with E-state index in [1.165, 1.54) is 11.3 Å². The zero-order chi connectivity index (χ0) is 13.0. The van der Waals surface area contributed by atoms with Crippen molar-refractivity contribution >= 4 is 42.1 Å². The molecule has 2 atom stereocenters. The molecule has 8 heteroatoms. The molecule has 2 unspecified atom stereocenters. The molecule has 2 rings (SSSR count). The van der Waals surface area contributed by atoms with Gasteiger partial charge >= 0.3 is 0 Å². The standard InChI is InChI=1S/C12H19N3O2S.2ClH/c1-2-3-11-14-7-10(18-11)12(17)15-5-8-4-13-6-9(8)16;;/h7-9,13,16H,2-6H2,1H3,(H,15,17);2*1H. The van der Waals surface area contributed by atoms with E-state index in [4.69, 9.17) is 0 Å². The number of aromatic nitrogens is 1. The summed E-state index contributed by atoms with van der Waals surface area (Å²) in [6.07, 6.45) is 3.23. The highest BCUT2D eigenvalue weighted by Gasteiger charge is 2.25. The van der Waals surface area contributed by atoms with Crippen LogP contribution in [0.5, 0.6) is 0 Å². The summed E-state index contributed by atoms with van der Waals surface area (Å²) >= 11 is 1.45. The number of amides is 1. The van der Waals surface area contributed by atoms with Gasteiger partial charge in [0, 0.05) is 25.6 Å².